The van der Waals surface area contributed by atoms with E-state index in [0.717, 1.165) is 44.9 Å². The number of rotatable bonds is 8. The SMILES string of the molecule is CCCc1ccc(OCC2CCC(c3ccc(-c4ccc(CC)cc4)c(F)c3F)CC2)cc1F. The first-order valence-corrected chi connectivity index (χ1v) is 12.5. The second kappa shape index (κ2) is 11.1. The Morgan fingerprint density at radius 1 is 0.824 bits per heavy atom. The van der Waals surface area contributed by atoms with Crippen molar-refractivity contribution in [2.75, 3.05) is 6.61 Å². The number of ether oxygens (including phenoxy) is 1. The van der Waals surface area contributed by atoms with E-state index < -0.39 is 11.6 Å². The first kappa shape index (κ1) is 24.4. The van der Waals surface area contributed by atoms with E-state index in [9.17, 15) is 8.78 Å². The van der Waals surface area contributed by atoms with Gasteiger partial charge in [-0.3, -0.25) is 0 Å². The van der Waals surface area contributed by atoms with Crippen LogP contribution in [0, 0.1) is 23.4 Å². The smallest absolute Gasteiger partial charge is 0.166 e. The third-order valence-electron chi connectivity index (χ3n) is 7.10. The molecule has 0 aliphatic heterocycles. The lowest BCUT2D eigenvalue weighted by atomic mass is 9.78. The van der Waals surface area contributed by atoms with E-state index in [0.29, 0.717) is 40.5 Å². The van der Waals surface area contributed by atoms with Crippen LogP contribution in [0.25, 0.3) is 11.1 Å². The Hall–Kier alpha value is -2.75. The van der Waals surface area contributed by atoms with E-state index in [-0.39, 0.29) is 11.7 Å². The summed E-state index contributed by atoms with van der Waals surface area (Å²) in [4.78, 5) is 0. The van der Waals surface area contributed by atoms with Gasteiger partial charge in [-0.25, -0.2) is 13.2 Å². The molecule has 0 saturated heterocycles. The molecular formula is C30H33F3O. The molecule has 0 amide bonds. The number of benzene rings is 3. The van der Waals surface area contributed by atoms with E-state index in [1.165, 1.54) is 11.6 Å². The van der Waals surface area contributed by atoms with Crippen LogP contribution in [0.5, 0.6) is 5.75 Å². The number of hydrogen-bond donors (Lipinski definition) is 0. The van der Waals surface area contributed by atoms with Crippen LogP contribution >= 0.6 is 0 Å². The molecule has 3 aromatic rings. The molecule has 4 rings (SSSR count). The Bertz CT molecular complexity index is 1100. The normalized spacial score (nSPS) is 18.1. The van der Waals surface area contributed by atoms with Gasteiger partial charge in [-0.2, -0.15) is 0 Å². The minimum absolute atomic E-state index is 0.00744. The molecule has 0 atom stereocenters. The predicted octanol–water partition coefficient (Wildman–Crippen LogP) is 8.64. The highest BCUT2D eigenvalue weighted by molar-refractivity contribution is 5.65. The maximum Gasteiger partial charge on any atom is 0.166 e. The van der Waals surface area contributed by atoms with Gasteiger partial charge in [0.15, 0.2) is 11.6 Å². The fourth-order valence-electron chi connectivity index (χ4n) is 4.97. The van der Waals surface area contributed by atoms with Crippen molar-refractivity contribution >= 4 is 0 Å². The summed E-state index contributed by atoms with van der Waals surface area (Å²) in [6.45, 7) is 4.61. The Kier molecular flexibility index (Phi) is 7.97. The minimum Gasteiger partial charge on any atom is -0.493 e. The fourth-order valence-corrected chi connectivity index (χ4v) is 4.97. The lowest BCUT2D eigenvalue weighted by Gasteiger charge is -2.29. The van der Waals surface area contributed by atoms with Gasteiger partial charge >= 0.3 is 0 Å². The van der Waals surface area contributed by atoms with Gasteiger partial charge in [-0.15, -0.1) is 0 Å². The average molecular weight is 467 g/mol. The molecule has 0 spiro atoms. The van der Waals surface area contributed by atoms with E-state index >= 15 is 4.39 Å². The number of aryl methyl sites for hydroxylation is 2. The first-order chi connectivity index (χ1) is 16.5. The summed E-state index contributed by atoms with van der Waals surface area (Å²) < 4.78 is 50.0. The maximum absolute atomic E-state index is 15.0. The molecule has 1 saturated carbocycles. The predicted molar refractivity (Wildman–Crippen MR) is 132 cm³/mol. The van der Waals surface area contributed by atoms with Gasteiger partial charge in [0.25, 0.3) is 0 Å². The lowest BCUT2D eigenvalue weighted by Crippen LogP contribution is -2.20. The van der Waals surface area contributed by atoms with Crippen molar-refractivity contribution in [3.8, 4) is 16.9 Å². The highest BCUT2D eigenvalue weighted by Gasteiger charge is 2.27. The summed E-state index contributed by atoms with van der Waals surface area (Å²) in [7, 11) is 0. The molecule has 0 bridgehead atoms. The largest absolute Gasteiger partial charge is 0.493 e. The van der Waals surface area contributed by atoms with Crippen molar-refractivity contribution in [1.82, 2.24) is 0 Å². The van der Waals surface area contributed by atoms with Gasteiger partial charge in [0.1, 0.15) is 11.6 Å². The Morgan fingerprint density at radius 2 is 1.56 bits per heavy atom. The maximum atomic E-state index is 15.0. The Balaban J connectivity index is 1.35. The van der Waals surface area contributed by atoms with Crippen LogP contribution < -0.4 is 4.74 Å². The molecule has 1 nitrogen and oxygen atoms in total. The summed E-state index contributed by atoms with van der Waals surface area (Å²) in [6.07, 6.45) is 5.87. The second-order valence-electron chi connectivity index (χ2n) is 9.41. The van der Waals surface area contributed by atoms with E-state index in [1.807, 2.05) is 37.3 Å². The Morgan fingerprint density at radius 3 is 2.21 bits per heavy atom. The monoisotopic (exact) mass is 466 g/mol. The van der Waals surface area contributed by atoms with Crippen LogP contribution in [-0.2, 0) is 12.8 Å². The standard InChI is InChI=1S/C30H33F3O/c1-3-5-24-14-15-25(18-28(24)31)34-19-21-8-12-23(13-9-21)27-17-16-26(29(32)30(27)33)22-10-6-20(4-2)7-11-22/h6-7,10-11,14-18,21,23H,3-5,8-9,12-13,19H2,1-2H3. The molecule has 0 radical (unpaired) electrons. The van der Waals surface area contributed by atoms with Gasteiger partial charge in [0.2, 0.25) is 0 Å². The molecule has 0 heterocycles. The van der Waals surface area contributed by atoms with E-state index in [2.05, 4.69) is 6.92 Å². The van der Waals surface area contributed by atoms with Gasteiger partial charge in [-0.1, -0.05) is 62.7 Å². The third-order valence-corrected chi connectivity index (χ3v) is 7.10. The van der Waals surface area contributed by atoms with Crippen LogP contribution in [-0.4, -0.2) is 6.61 Å². The third kappa shape index (κ3) is 5.48. The molecule has 1 aliphatic rings. The van der Waals surface area contributed by atoms with Crippen LogP contribution in [0.15, 0.2) is 54.6 Å². The minimum atomic E-state index is -0.763. The first-order valence-electron chi connectivity index (χ1n) is 12.5. The van der Waals surface area contributed by atoms with Crippen LogP contribution in [0.2, 0.25) is 0 Å². The molecule has 34 heavy (non-hydrogen) atoms. The highest BCUT2D eigenvalue weighted by Crippen LogP contribution is 2.39. The molecule has 1 fully saturated rings. The summed E-state index contributed by atoms with van der Waals surface area (Å²) in [5.41, 5.74) is 3.36. The van der Waals surface area contributed by atoms with Crippen LogP contribution in [0.3, 0.4) is 0 Å². The van der Waals surface area contributed by atoms with Crippen molar-refractivity contribution in [3.05, 3.63) is 88.7 Å². The number of halogens is 3. The summed E-state index contributed by atoms with van der Waals surface area (Å²) in [5.74, 6) is -0.812. The average Bonchev–Trinajstić information content (AvgIpc) is 2.86. The zero-order valence-corrected chi connectivity index (χ0v) is 20.0. The quantitative estimate of drug-likeness (QED) is 0.323. The highest BCUT2D eigenvalue weighted by atomic mass is 19.2. The van der Waals surface area contributed by atoms with Crippen LogP contribution in [0.4, 0.5) is 13.2 Å². The van der Waals surface area contributed by atoms with E-state index in [4.69, 9.17) is 4.74 Å². The second-order valence-corrected chi connectivity index (χ2v) is 9.41. The summed E-state index contributed by atoms with van der Waals surface area (Å²) in [6, 6.07) is 16.2. The molecular weight excluding hydrogens is 433 g/mol. The molecule has 0 unspecified atom stereocenters. The van der Waals surface area contributed by atoms with Gasteiger partial charge in [0, 0.05) is 11.6 Å². The fraction of sp³-hybridized carbons (Fsp3) is 0.400. The molecule has 0 aromatic heterocycles. The van der Waals surface area contributed by atoms with Crippen LogP contribution in [0.1, 0.15) is 68.6 Å². The Labute approximate surface area is 201 Å². The molecule has 4 heteroatoms. The van der Waals surface area contributed by atoms with Crippen molar-refractivity contribution in [1.29, 1.82) is 0 Å². The van der Waals surface area contributed by atoms with Crippen molar-refractivity contribution in [2.24, 2.45) is 5.92 Å². The van der Waals surface area contributed by atoms with Crippen molar-refractivity contribution in [3.63, 3.8) is 0 Å². The zero-order chi connectivity index (χ0) is 24.1. The van der Waals surface area contributed by atoms with Gasteiger partial charge in [0.05, 0.1) is 6.61 Å². The number of hydrogen-bond acceptors (Lipinski definition) is 1. The topological polar surface area (TPSA) is 9.23 Å². The zero-order valence-electron chi connectivity index (χ0n) is 20.0. The summed E-state index contributed by atoms with van der Waals surface area (Å²) in [5, 5.41) is 0. The lowest BCUT2D eigenvalue weighted by molar-refractivity contribution is 0.198. The molecule has 3 aromatic carbocycles. The van der Waals surface area contributed by atoms with E-state index in [1.54, 1.807) is 18.2 Å². The van der Waals surface area contributed by atoms with Crippen molar-refractivity contribution < 1.29 is 17.9 Å². The van der Waals surface area contributed by atoms with Gasteiger partial charge < -0.3 is 4.74 Å². The molecule has 1 aliphatic carbocycles. The van der Waals surface area contributed by atoms with Gasteiger partial charge in [-0.05, 0) is 78.7 Å². The summed E-state index contributed by atoms with van der Waals surface area (Å²) >= 11 is 0. The van der Waals surface area contributed by atoms with Crippen molar-refractivity contribution in [2.45, 2.75) is 64.7 Å². The molecule has 180 valence electrons. The molecule has 0 N–H and O–H groups in total.